The summed E-state index contributed by atoms with van der Waals surface area (Å²) >= 11 is 0. The number of ether oxygens (including phenoxy) is 1. The molecule has 0 aliphatic carbocycles. The molecule has 0 saturated carbocycles. The molecule has 0 radical (unpaired) electrons. The lowest BCUT2D eigenvalue weighted by Gasteiger charge is -2.26. The number of hydrogen-bond acceptors (Lipinski definition) is 5. The van der Waals surface area contributed by atoms with Crippen molar-refractivity contribution < 1.29 is 17.9 Å². The number of sulfonamides is 1. The van der Waals surface area contributed by atoms with Gasteiger partial charge in [0.1, 0.15) is 5.75 Å². The van der Waals surface area contributed by atoms with E-state index in [0.717, 1.165) is 25.7 Å². The van der Waals surface area contributed by atoms with E-state index >= 15 is 0 Å². The Hall–Kier alpha value is -1.64. The molecule has 0 spiro atoms. The Labute approximate surface area is 175 Å². The number of carbonyl (C=O) groups is 1. The van der Waals surface area contributed by atoms with E-state index in [1.54, 1.807) is 12.1 Å². The zero-order valence-electron chi connectivity index (χ0n) is 18.2. The molecule has 1 aromatic rings. The average molecular weight is 426 g/mol. The molecule has 0 unspecified atom stereocenters. The molecule has 2 rings (SSSR count). The monoisotopic (exact) mass is 425 g/mol. The van der Waals surface area contributed by atoms with Crippen LogP contribution in [0.3, 0.4) is 0 Å². The van der Waals surface area contributed by atoms with Gasteiger partial charge in [0.2, 0.25) is 15.9 Å². The Balaban J connectivity index is 2.25. The zero-order valence-corrected chi connectivity index (χ0v) is 19.1. The number of carbonyl (C=O) groups excluding carboxylic acids is 1. The predicted octanol–water partition coefficient (Wildman–Crippen LogP) is 3.37. The minimum absolute atomic E-state index is 0.104. The molecular weight excluding hydrogens is 390 g/mol. The van der Waals surface area contributed by atoms with Crippen LogP contribution in [0.4, 0.5) is 5.69 Å². The number of anilines is 1. The standard InChI is InChI=1S/C21H35N3O4S/c1-6-21(4,5)22-15-20(25)23-18-14-17(10-11-19(18)28-16(2)3)29(26,27)24-12-8-7-9-13-24/h10-11,14,16,22H,6-9,12-13,15H2,1-5H3,(H,23,25). The van der Waals surface area contributed by atoms with Gasteiger partial charge in [-0.3, -0.25) is 4.79 Å². The number of benzene rings is 1. The van der Waals surface area contributed by atoms with Crippen LogP contribution in [0.2, 0.25) is 0 Å². The maximum atomic E-state index is 13.0. The Morgan fingerprint density at radius 2 is 1.86 bits per heavy atom. The Morgan fingerprint density at radius 1 is 1.21 bits per heavy atom. The first-order valence-electron chi connectivity index (χ1n) is 10.4. The summed E-state index contributed by atoms with van der Waals surface area (Å²) in [4.78, 5) is 12.7. The lowest BCUT2D eigenvalue weighted by atomic mass is 10.0. The molecule has 1 aromatic carbocycles. The fourth-order valence-electron chi connectivity index (χ4n) is 3.02. The molecule has 2 N–H and O–H groups in total. The van der Waals surface area contributed by atoms with Gasteiger partial charge >= 0.3 is 0 Å². The first-order chi connectivity index (χ1) is 13.5. The van der Waals surface area contributed by atoms with Gasteiger partial charge in [0.15, 0.2) is 0 Å². The van der Waals surface area contributed by atoms with Gasteiger partial charge in [-0.05, 0) is 65.2 Å². The van der Waals surface area contributed by atoms with Gasteiger partial charge in [-0.25, -0.2) is 8.42 Å². The Morgan fingerprint density at radius 3 is 2.45 bits per heavy atom. The average Bonchev–Trinajstić information content (AvgIpc) is 2.68. The maximum Gasteiger partial charge on any atom is 0.243 e. The van der Waals surface area contributed by atoms with Gasteiger partial charge in [0.25, 0.3) is 0 Å². The highest BCUT2D eigenvalue weighted by Gasteiger charge is 2.27. The smallest absolute Gasteiger partial charge is 0.243 e. The van der Waals surface area contributed by atoms with Gasteiger partial charge in [-0.1, -0.05) is 13.3 Å². The maximum absolute atomic E-state index is 13.0. The first-order valence-corrected chi connectivity index (χ1v) is 11.8. The number of nitrogens with zero attached hydrogens (tertiary/aromatic N) is 1. The molecule has 1 saturated heterocycles. The first kappa shape index (κ1) is 23.6. The highest BCUT2D eigenvalue weighted by atomic mass is 32.2. The number of piperidine rings is 1. The molecule has 0 bridgehead atoms. The minimum atomic E-state index is -3.59. The zero-order chi connectivity index (χ0) is 21.7. The van der Waals surface area contributed by atoms with E-state index in [1.165, 1.54) is 10.4 Å². The largest absolute Gasteiger partial charge is 0.489 e. The predicted molar refractivity (Wildman–Crippen MR) is 116 cm³/mol. The van der Waals surface area contributed by atoms with Gasteiger partial charge in [-0.15, -0.1) is 0 Å². The number of amides is 1. The second-order valence-corrected chi connectivity index (χ2v) is 10.4. The summed E-state index contributed by atoms with van der Waals surface area (Å²) in [5.41, 5.74) is 0.214. The lowest BCUT2D eigenvalue weighted by Crippen LogP contribution is -2.43. The molecule has 0 atom stereocenters. The molecule has 7 nitrogen and oxygen atoms in total. The molecule has 1 heterocycles. The van der Waals surface area contributed by atoms with Crippen molar-refractivity contribution in [2.24, 2.45) is 0 Å². The second kappa shape index (κ2) is 9.91. The van der Waals surface area contributed by atoms with E-state index in [1.807, 2.05) is 27.7 Å². The highest BCUT2D eigenvalue weighted by Crippen LogP contribution is 2.31. The van der Waals surface area contributed by atoms with Gasteiger partial charge in [0.05, 0.1) is 23.2 Å². The van der Waals surface area contributed by atoms with Crippen LogP contribution in [0.1, 0.15) is 60.3 Å². The van der Waals surface area contributed by atoms with Crippen LogP contribution in [0.15, 0.2) is 23.1 Å². The number of hydrogen-bond donors (Lipinski definition) is 2. The van der Waals surface area contributed by atoms with Crippen molar-refractivity contribution in [3.05, 3.63) is 18.2 Å². The molecule has 164 valence electrons. The quantitative estimate of drug-likeness (QED) is 0.633. The molecule has 1 aliphatic heterocycles. The van der Waals surface area contributed by atoms with Gasteiger partial charge in [0, 0.05) is 18.6 Å². The van der Waals surface area contributed by atoms with E-state index in [2.05, 4.69) is 17.6 Å². The van der Waals surface area contributed by atoms with Crippen molar-refractivity contribution in [1.82, 2.24) is 9.62 Å². The molecular formula is C21H35N3O4S. The molecule has 1 fully saturated rings. The van der Waals surface area contributed by atoms with Crippen molar-refractivity contribution in [2.75, 3.05) is 25.0 Å². The third kappa shape index (κ3) is 6.69. The Kier molecular flexibility index (Phi) is 8.08. The van der Waals surface area contributed by atoms with E-state index in [-0.39, 0.29) is 29.0 Å². The number of rotatable bonds is 9. The van der Waals surface area contributed by atoms with Crippen molar-refractivity contribution in [2.45, 2.75) is 76.8 Å². The third-order valence-corrected chi connectivity index (χ3v) is 7.05. The summed E-state index contributed by atoms with van der Waals surface area (Å²) in [5.74, 6) is 0.216. The summed E-state index contributed by atoms with van der Waals surface area (Å²) in [6, 6.07) is 4.68. The van der Waals surface area contributed by atoms with Crippen molar-refractivity contribution in [3.8, 4) is 5.75 Å². The van der Waals surface area contributed by atoms with Crippen LogP contribution in [0, 0.1) is 0 Å². The summed E-state index contributed by atoms with van der Waals surface area (Å²) in [6.07, 6.45) is 3.57. The third-order valence-electron chi connectivity index (χ3n) is 5.15. The fourth-order valence-corrected chi connectivity index (χ4v) is 4.56. The molecule has 1 amide bonds. The SMILES string of the molecule is CCC(C)(C)NCC(=O)Nc1cc(S(=O)(=O)N2CCCCC2)ccc1OC(C)C. The van der Waals surface area contributed by atoms with Gasteiger partial charge in [-0.2, -0.15) is 4.31 Å². The van der Waals surface area contributed by atoms with Gasteiger partial charge < -0.3 is 15.4 Å². The lowest BCUT2D eigenvalue weighted by molar-refractivity contribution is -0.115. The summed E-state index contributed by atoms with van der Waals surface area (Å²) < 4.78 is 33.3. The fraction of sp³-hybridized carbons (Fsp3) is 0.667. The van der Waals surface area contributed by atoms with Crippen molar-refractivity contribution in [1.29, 1.82) is 0 Å². The van der Waals surface area contributed by atoms with Crippen LogP contribution >= 0.6 is 0 Å². The van der Waals surface area contributed by atoms with Crippen molar-refractivity contribution in [3.63, 3.8) is 0 Å². The van der Waals surface area contributed by atoms with E-state index in [4.69, 9.17) is 4.74 Å². The molecule has 0 aromatic heterocycles. The molecule has 1 aliphatic rings. The van der Waals surface area contributed by atoms with E-state index in [9.17, 15) is 13.2 Å². The van der Waals surface area contributed by atoms with Crippen LogP contribution in [0.5, 0.6) is 5.75 Å². The van der Waals surface area contributed by atoms with Crippen LogP contribution < -0.4 is 15.4 Å². The number of nitrogens with one attached hydrogen (secondary N) is 2. The minimum Gasteiger partial charge on any atom is -0.489 e. The highest BCUT2D eigenvalue weighted by molar-refractivity contribution is 7.89. The van der Waals surface area contributed by atoms with Crippen molar-refractivity contribution >= 4 is 21.6 Å². The van der Waals surface area contributed by atoms with E-state index in [0.29, 0.717) is 24.5 Å². The topological polar surface area (TPSA) is 87.7 Å². The van der Waals surface area contributed by atoms with Crippen LogP contribution in [-0.2, 0) is 14.8 Å². The summed E-state index contributed by atoms with van der Waals surface area (Å²) in [5, 5.41) is 6.02. The van der Waals surface area contributed by atoms with E-state index < -0.39 is 10.0 Å². The Bertz CT molecular complexity index is 800. The van der Waals surface area contributed by atoms with Crippen LogP contribution in [0.25, 0.3) is 0 Å². The summed E-state index contributed by atoms with van der Waals surface area (Å²) in [7, 11) is -3.59. The second-order valence-electron chi connectivity index (χ2n) is 8.43. The normalized spacial score (nSPS) is 16.1. The summed E-state index contributed by atoms with van der Waals surface area (Å²) in [6.45, 7) is 11.1. The molecule has 8 heteroatoms. The van der Waals surface area contributed by atoms with Crippen LogP contribution in [-0.4, -0.2) is 49.9 Å². The molecule has 29 heavy (non-hydrogen) atoms.